The molecule has 1 aromatic heterocycles. The van der Waals surface area contributed by atoms with E-state index in [1.54, 1.807) is 7.11 Å². The Hall–Kier alpha value is -1.33. The maximum Gasteiger partial charge on any atom is 0.181 e. The lowest BCUT2D eigenvalue weighted by Gasteiger charge is -2.05. The number of nitrogens with zero attached hydrogens (tertiary/aromatic N) is 1. The summed E-state index contributed by atoms with van der Waals surface area (Å²) in [6.45, 7) is 1.09. The van der Waals surface area contributed by atoms with Crippen molar-refractivity contribution in [2.45, 2.75) is 0 Å². The zero-order valence-electron chi connectivity index (χ0n) is 8.40. The number of methoxy groups -OCH3 is 1. The van der Waals surface area contributed by atoms with Crippen LogP contribution in [0.25, 0.3) is 10.2 Å². The van der Waals surface area contributed by atoms with Gasteiger partial charge >= 0.3 is 0 Å². The van der Waals surface area contributed by atoms with Gasteiger partial charge in [-0.2, -0.15) is 0 Å². The van der Waals surface area contributed by atoms with Crippen LogP contribution in [0, 0.1) is 0 Å². The van der Waals surface area contributed by atoms with E-state index in [9.17, 15) is 0 Å². The van der Waals surface area contributed by atoms with Gasteiger partial charge in [0.05, 0.1) is 11.3 Å². The fraction of sp³-hybridized carbons (Fsp3) is 0.300. The monoisotopic (exact) mass is 224 g/mol. The normalized spacial score (nSPS) is 10.7. The summed E-state index contributed by atoms with van der Waals surface area (Å²) in [5.74, 6) is 0.762. The van der Waals surface area contributed by atoms with Gasteiger partial charge in [-0.3, -0.25) is 0 Å². The Morgan fingerprint density at radius 2 is 2.27 bits per heavy atom. The SMILES string of the molecule is COCCOc1cccc2sc(N)nc12. The van der Waals surface area contributed by atoms with Crippen molar-refractivity contribution in [3.63, 3.8) is 0 Å². The summed E-state index contributed by atoms with van der Waals surface area (Å²) in [5, 5.41) is 0.563. The highest BCUT2D eigenvalue weighted by Crippen LogP contribution is 2.30. The number of fused-ring (bicyclic) bond motifs is 1. The van der Waals surface area contributed by atoms with E-state index >= 15 is 0 Å². The summed E-state index contributed by atoms with van der Waals surface area (Å²) in [4.78, 5) is 4.22. The number of anilines is 1. The molecule has 0 aliphatic rings. The molecular formula is C10H12N2O2S. The second-order valence-corrected chi connectivity index (χ2v) is 4.06. The maximum atomic E-state index is 5.64. The first-order valence-corrected chi connectivity index (χ1v) is 5.39. The Bertz CT molecular complexity index is 456. The van der Waals surface area contributed by atoms with Crippen molar-refractivity contribution in [3.05, 3.63) is 18.2 Å². The number of aromatic nitrogens is 1. The van der Waals surface area contributed by atoms with Crippen LogP contribution in [-0.2, 0) is 4.74 Å². The third kappa shape index (κ3) is 2.19. The van der Waals surface area contributed by atoms with Gasteiger partial charge in [0.2, 0.25) is 0 Å². The molecule has 1 aromatic carbocycles. The summed E-state index contributed by atoms with van der Waals surface area (Å²) in [7, 11) is 1.64. The zero-order valence-corrected chi connectivity index (χ0v) is 9.21. The number of benzene rings is 1. The summed E-state index contributed by atoms with van der Waals surface area (Å²) in [6.07, 6.45) is 0. The second-order valence-electron chi connectivity index (χ2n) is 3.00. The van der Waals surface area contributed by atoms with E-state index in [4.69, 9.17) is 15.2 Å². The average Bonchev–Trinajstić information content (AvgIpc) is 2.59. The van der Waals surface area contributed by atoms with Crippen LogP contribution in [0.3, 0.4) is 0 Å². The molecule has 0 aliphatic carbocycles. The van der Waals surface area contributed by atoms with Crippen molar-refractivity contribution < 1.29 is 9.47 Å². The zero-order chi connectivity index (χ0) is 10.7. The number of nitrogens with two attached hydrogens (primary N) is 1. The van der Waals surface area contributed by atoms with Gasteiger partial charge < -0.3 is 15.2 Å². The average molecular weight is 224 g/mol. The highest BCUT2D eigenvalue weighted by molar-refractivity contribution is 7.22. The number of hydrogen-bond donors (Lipinski definition) is 1. The Labute approximate surface area is 91.6 Å². The van der Waals surface area contributed by atoms with Crippen LogP contribution >= 0.6 is 11.3 Å². The van der Waals surface area contributed by atoms with Crippen LogP contribution in [0.4, 0.5) is 5.13 Å². The molecule has 0 spiro atoms. The fourth-order valence-corrected chi connectivity index (χ4v) is 2.04. The Balaban J connectivity index is 2.25. The van der Waals surface area contributed by atoms with Crippen molar-refractivity contribution in [2.75, 3.05) is 26.1 Å². The smallest absolute Gasteiger partial charge is 0.181 e. The van der Waals surface area contributed by atoms with E-state index in [1.165, 1.54) is 11.3 Å². The third-order valence-electron chi connectivity index (χ3n) is 1.94. The molecule has 80 valence electrons. The minimum absolute atomic E-state index is 0.521. The molecule has 0 amide bonds. The predicted molar refractivity (Wildman–Crippen MR) is 61.4 cm³/mol. The van der Waals surface area contributed by atoms with Gasteiger partial charge in [0.1, 0.15) is 17.9 Å². The van der Waals surface area contributed by atoms with Crippen molar-refractivity contribution in [1.29, 1.82) is 0 Å². The first-order valence-electron chi connectivity index (χ1n) is 4.58. The predicted octanol–water partition coefficient (Wildman–Crippen LogP) is 1.90. The van der Waals surface area contributed by atoms with Crippen LogP contribution in [0.1, 0.15) is 0 Å². The van der Waals surface area contributed by atoms with E-state index < -0.39 is 0 Å². The standard InChI is InChI=1S/C10H12N2O2S/c1-13-5-6-14-7-3-2-4-8-9(7)12-10(11)15-8/h2-4H,5-6H2,1H3,(H2,11,12). The Morgan fingerprint density at radius 3 is 3.07 bits per heavy atom. The summed E-state index contributed by atoms with van der Waals surface area (Å²) in [6, 6.07) is 5.80. The molecule has 0 saturated heterocycles. The van der Waals surface area contributed by atoms with Crippen LogP contribution in [0.2, 0.25) is 0 Å². The van der Waals surface area contributed by atoms with Crippen molar-refractivity contribution >= 4 is 26.7 Å². The van der Waals surface area contributed by atoms with E-state index in [0.29, 0.717) is 18.3 Å². The Morgan fingerprint density at radius 1 is 1.40 bits per heavy atom. The molecular weight excluding hydrogens is 212 g/mol. The van der Waals surface area contributed by atoms with Gasteiger partial charge in [-0.1, -0.05) is 17.4 Å². The summed E-state index contributed by atoms with van der Waals surface area (Å²) >= 11 is 1.46. The van der Waals surface area contributed by atoms with Gasteiger partial charge in [0.15, 0.2) is 5.13 Å². The Kier molecular flexibility index (Phi) is 3.03. The molecule has 0 atom stereocenters. The minimum atomic E-state index is 0.521. The van der Waals surface area contributed by atoms with E-state index in [2.05, 4.69) is 4.98 Å². The first-order chi connectivity index (χ1) is 7.31. The van der Waals surface area contributed by atoms with Gasteiger partial charge in [0.25, 0.3) is 0 Å². The van der Waals surface area contributed by atoms with E-state index in [0.717, 1.165) is 16.0 Å². The topological polar surface area (TPSA) is 57.4 Å². The summed E-state index contributed by atoms with van der Waals surface area (Å²) < 4.78 is 11.5. The van der Waals surface area contributed by atoms with Crippen LogP contribution in [0.15, 0.2) is 18.2 Å². The largest absolute Gasteiger partial charge is 0.489 e. The number of hydrogen-bond acceptors (Lipinski definition) is 5. The summed E-state index contributed by atoms with van der Waals surface area (Å²) in [5.41, 5.74) is 6.47. The van der Waals surface area contributed by atoms with E-state index in [1.807, 2.05) is 18.2 Å². The second kappa shape index (κ2) is 4.46. The van der Waals surface area contributed by atoms with E-state index in [-0.39, 0.29) is 0 Å². The quantitative estimate of drug-likeness (QED) is 0.806. The number of rotatable bonds is 4. The number of para-hydroxylation sites is 1. The minimum Gasteiger partial charge on any atom is -0.489 e. The highest BCUT2D eigenvalue weighted by Gasteiger charge is 2.06. The van der Waals surface area contributed by atoms with Crippen LogP contribution in [0.5, 0.6) is 5.75 Å². The molecule has 15 heavy (non-hydrogen) atoms. The van der Waals surface area contributed by atoms with Gasteiger partial charge in [-0.05, 0) is 12.1 Å². The van der Waals surface area contributed by atoms with Crippen molar-refractivity contribution in [1.82, 2.24) is 4.98 Å². The van der Waals surface area contributed by atoms with Crippen LogP contribution < -0.4 is 10.5 Å². The van der Waals surface area contributed by atoms with Crippen molar-refractivity contribution in [2.24, 2.45) is 0 Å². The molecule has 0 unspecified atom stereocenters. The fourth-order valence-electron chi connectivity index (χ4n) is 1.29. The molecule has 0 saturated carbocycles. The van der Waals surface area contributed by atoms with Crippen molar-refractivity contribution in [3.8, 4) is 5.75 Å². The van der Waals surface area contributed by atoms with Gasteiger partial charge in [-0.15, -0.1) is 0 Å². The molecule has 5 heteroatoms. The first kappa shape index (κ1) is 10.2. The van der Waals surface area contributed by atoms with Gasteiger partial charge in [0, 0.05) is 7.11 Å². The molecule has 2 rings (SSSR count). The third-order valence-corrected chi connectivity index (χ3v) is 2.79. The lowest BCUT2D eigenvalue weighted by Crippen LogP contribution is -2.04. The number of nitrogen functional groups attached to an aromatic ring is 1. The molecule has 0 radical (unpaired) electrons. The molecule has 0 bridgehead atoms. The molecule has 0 fully saturated rings. The van der Waals surface area contributed by atoms with Crippen LogP contribution in [-0.4, -0.2) is 25.3 Å². The lowest BCUT2D eigenvalue weighted by molar-refractivity contribution is 0.147. The molecule has 4 nitrogen and oxygen atoms in total. The highest BCUT2D eigenvalue weighted by atomic mass is 32.1. The molecule has 2 N–H and O–H groups in total. The number of ether oxygens (including phenoxy) is 2. The molecule has 1 heterocycles. The lowest BCUT2D eigenvalue weighted by atomic mass is 10.3. The maximum absolute atomic E-state index is 5.64. The molecule has 0 aliphatic heterocycles. The molecule has 2 aromatic rings. The van der Waals surface area contributed by atoms with Gasteiger partial charge in [-0.25, -0.2) is 4.98 Å². The number of thiazole rings is 1.